The van der Waals surface area contributed by atoms with E-state index in [-0.39, 0.29) is 51.9 Å². The van der Waals surface area contributed by atoms with Gasteiger partial charge in [-0.2, -0.15) is 18.6 Å². The monoisotopic (exact) mass is 531 g/mol. The van der Waals surface area contributed by atoms with Gasteiger partial charge in [-0.15, -0.1) is 0 Å². The van der Waals surface area contributed by atoms with Crippen LogP contribution in [0.15, 0.2) is 63.4 Å². The number of azo groups is 1. The van der Waals surface area contributed by atoms with Crippen molar-refractivity contribution in [1.29, 1.82) is 0 Å². The number of aromatic hydroxyl groups is 1. The number of nitro groups is 1. The number of anilines is 1. The number of aliphatic hydroxyl groups excluding tert-OH is 1. The molecule has 1 amide bonds. The summed E-state index contributed by atoms with van der Waals surface area (Å²) < 4.78 is 31.5. The fraction of sp³-hybridized carbons (Fsp3) is 0.0625. The first kappa shape index (κ1) is 30.0. The molecule has 0 radical (unpaired) electrons. The summed E-state index contributed by atoms with van der Waals surface area (Å²) in [6.45, 7) is -0.584. The maximum Gasteiger partial charge on any atom is 1.00 e. The number of aliphatic hydroxyl groups is 1. The molecule has 0 saturated carbocycles. The van der Waals surface area contributed by atoms with E-state index in [0.29, 0.717) is 17.8 Å². The number of para-hydroxylation sites is 1. The van der Waals surface area contributed by atoms with Gasteiger partial charge in [-0.05, 0) is 18.2 Å². The van der Waals surface area contributed by atoms with Crippen molar-refractivity contribution in [2.24, 2.45) is 10.2 Å². The zero-order chi connectivity index (χ0) is 22.5. The Morgan fingerprint density at radius 1 is 1.28 bits per heavy atom. The Labute approximate surface area is 219 Å². The number of carbonyl (C=O) groups is 1. The molecule has 0 unspecified atom stereocenters. The van der Waals surface area contributed by atoms with E-state index in [1.165, 1.54) is 6.07 Å². The minimum atomic E-state index is -4.83. The van der Waals surface area contributed by atoms with Crippen LogP contribution in [-0.2, 0) is 32.3 Å². The summed E-state index contributed by atoms with van der Waals surface area (Å²) in [4.78, 5) is 20.8. The van der Waals surface area contributed by atoms with Crippen LogP contribution in [0.4, 0.5) is 17.1 Å². The summed E-state index contributed by atoms with van der Waals surface area (Å²) >= 11 is 5.89. The van der Waals surface area contributed by atoms with Crippen LogP contribution in [-0.4, -0.2) is 40.6 Å². The molecule has 0 aliphatic heterocycles. The van der Waals surface area contributed by atoms with Gasteiger partial charge in [-0.25, -0.2) is 0 Å². The molecular weight excluding hydrogens is 519 g/mol. The first-order valence-electron chi connectivity index (χ1n) is 7.80. The number of amides is 1. The molecule has 16 heteroatoms. The van der Waals surface area contributed by atoms with Crippen molar-refractivity contribution in [1.82, 2.24) is 0 Å². The smallest absolute Gasteiger partial charge is 0.510 e. The number of hydrogen-bond acceptors (Lipinski definition) is 9. The molecule has 0 spiro atoms. The zero-order valence-electron chi connectivity index (χ0n) is 16.2. The van der Waals surface area contributed by atoms with Crippen LogP contribution in [0.3, 0.4) is 0 Å². The van der Waals surface area contributed by atoms with Crippen molar-refractivity contribution < 1.29 is 79.8 Å². The Bertz CT molecular complexity index is 1180. The normalized spacial score (nSPS) is 11.4. The van der Waals surface area contributed by atoms with Gasteiger partial charge in [-0.1, -0.05) is 23.7 Å². The summed E-state index contributed by atoms with van der Waals surface area (Å²) in [7, 11) is -4.83. The van der Waals surface area contributed by atoms with Crippen LogP contribution in [0.25, 0.3) is 0 Å². The number of halogens is 1. The molecule has 164 valence electrons. The Hall–Kier alpha value is -2.02. The average molecular weight is 532 g/mol. The number of rotatable bonds is 7. The molecular formula is C16H13ClCrN4NaO8S+. The third-order valence-electron chi connectivity index (χ3n) is 3.38. The van der Waals surface area contributed by atoms with Gasteiger partial charge in [0.15, 0.2) is 0 Å². The van der Waals surface area contributed by atoms with E-state index in [1.54, 1.807) is 18.2 Å². The predicted octanol–water partition coefficient (Wildman–Crippen LogP) is 0.366. The number of phenols is 1. The topological polar surface area (TPSA) is 192 Å². The minimum absolute atomic E-state index is 0. The minimum Gasteiger partial charge on any atom is -0.510 e. The maximum atomic E-state index is 11.8. The number of phenolic OH excluding ortho intramolecular Hbond substituents is 1. The largest absolute Gasteiger partial charge is 1.00 e. The Morgan fingerprint density at radius 2 is 1.91 bits per heavy atom. The van der Waals surface area contributed by atoms with Gasteiger partial charge < -0.3 is 15.5 Å². The van der Waals surface area contributed by atoms with Gasteiger partial charge >= 0.3 is 35.2 Å². The van der Waals surface area contributed by atoms with E-state index in [4.69, 9.17) is 16.2 Å². The summed E-state index contributed by atoms with van der Waals surface area (Å²) in [6.07, 6.45) is 0.777. The van der Waals surface area contributed by atoms with Crippen LogP contribution in [0.2, 0.25) is 5.02 Å². The summed E-state index contributed by atoms with van der Waals surface area (Å²) in [5, 5.41) is 40.0. The van der Waals surface area contributed by atoms with Gasteiger partial charge in [0.1, 0.15) is 22.9 Å². The van der Waals surface area contributed by atoms with Crippen molar-refractivity contribution in [2.75, 3.05) is 11.9 Å². The maximum absolute atomic E-state index is 11.8. The van der Waals surface area contributed by atoms with E-state index in [0.717, 1.165) is 6.08 Å². The molecule has 0 bridgehead atoms. The molecule has 2 aromatic rings. The Kier molecular flexibility index (Phi) is 12.1. The van der Waals surface area contributed by atoms with Crippen LogP contribution >= 0.6 is 11.6 Å². The molecule has 0 aliphatic carbocycles. The molecule has 0 atom stereocenters. The molecule has 32 heavy (non-hydrogen) atoms. The standard InChI is InChI=1S/C16H13ClN4O8S.Cr.Na/c17-11-3-1-2-4-12(11)19-15(23)5-9(22)8-18-20-13-6-10(30(27,28)29)7-14(16(13)24)21(25)26;;/h1-7,22,24H,8H2,(H,19,23)(H,27,28,29);;/q;;+1/b9-5-,20-18?;;. The Morgan fingerprint density at radius 3 is 2.47 bits per heavy atom. The number of nitro benzene ring substituents is 1. The molecule has 2 rings (SSSR count). The van der Waals surface area contributed by atoms with E-state index >= 15 is 0 Å². The molecule has 4 N–H and O–H groups in total. The van der Waals surface area contributed by atoms with E-state index < -0.39 is 55.3 Å². The summed E-state index contributed by atoms with van der Waals surface area (Å²) in [6, 6.07) is 7.45. The van der Waals surface area contributed by atoms with Crippen molar-refractivity contribution in [3.63, 3.8) is 0 Å². The quantitative estimate of drug-likeness (QED) is 0.0748. The molecule has 0 heterocycles. The number of benzene rings is 2. The Balaban J connectivity index is 0.00000480. The van der Waals surface area contributed by atoms with Gasteiger partial charge in [0.25, 0.3) is 16.0 Å². The van der Waals surface area contributed by atoms with Crippen LogP contribution in [0.5, 0.6) is 5.75 Å². The van der Waals surface area contributed by atoms with Gasteiger partial charge in [0, 0.05) is 29.5 Å². The van der Waals surface area contributed by atoms with Gasteiger partial charge in [0.2, 0.25) is 5.75 Å². The van der Waals surface area contributed by atoms with Crippen molar-refractivity contribution in [3.05, 3.63) is 63.4 Å². The summed E-state index contributed by atoms with van der Waals surface area (Å²) in [5.41, 5.74) is -1.38. The summed E-state index contributed by atoms with van der Waals surface area (Å²) in [5.74, 6) is -2.30. The molecule has 12 nitrogen and oxygen atoms in total. The van der Waals surface area contributed by atoms with Crippen LogP contribution in [0, 0.1) is 10.1 Å². The first-order chi connectivity index (χ1) is 14.0. The van der Waals surface area contributed by atoms with Gasteiger partial charge in [0.05, 0.1) is 15.6 Å². The fourth-order valence-electron chi connectivity index (χ4n) is 2.06. The second-order valence-electron chi connectivity index (χ2n) is 5.55. The number of nitrogens with zero attached hydrogens (tertiary/aromatic N) is 3. The zero-order valence-corrected chi connectivity index (χ0v) is 21.0. The molecule has 0 fully saturated rings. The first-order valence-corrected chi connectivity index (χ1v) is 9.62. The van der Waals surface area contributed by atoms with Crippen molar-refractivity contribution in [2.45, 2.75) is 4.90 Å². The van der Waals surface area contributed by atoms with Gasteiger partial charge in [-0.3, -0.25) is 19.5 Å². The van der Waals surface area contributed by atoms with Crippen molar-refractivity contribution in [3.8, 4) is 5.75 Å². The molecule has 0 aliphatic rings. The van der Waals surface area contributed by atoms with Crippen LogP contribution in [0.1, 0.15) is 0 Å². The average Bonchev–Trinajstić information content (AvgIpc) is 2.63. The fourth-order valence-corrected chi connectivity index (χ4v) is 2.76. The second-order valence-corrected chi connectivity index (χ2v) is 7.38. The second kappa shape index (κ2) is 12.9. The third kappa shape index (κ3) is 8.49. The van der Waals surface area contributed by atoms with Crippen LogP contribution < -0.4 is 34.9 Å². The SMILES string of the molecule is O=C(/C=C(\O)CN=Nc1cc(S(=O)(=O)O)cc([N+](=O)[O-])c1O)Nc1ccccc1Cl.[Cr].[Na+]. The molecule has 0 aromatic heterocycles. The van der Waals surface area contributed by atoms with E-state index in [2.05, 4.69) is 15.5 Å². The third-order valence-corrected chi connectivity index (χ3v) is 4.54. The van der Waals surface area contributed by atoms with E-state index in [1.807, 2.05) is 0 Å². The van der Waals surface area contributed by atoms with Crippen molar-refractivity contribution >= 4 is 44.7 Å². The van der Waals surface area contributed by atoms with E-state index in [9.17, 15) is 33.5 Å². The predicted molar refractivity (Wildman–Crippen MR) is 105 cm³/mol. The number of hydrogen-bond donors (Lipinski definition) is 4. The number of nitrogens with one attached hydrogen (secondary N) is 1. The molecule has 0 saturated heterocycles. The molecule has 2 aromatic carbocycles. The number of carbonyl (C=O) groups excluding carboxylic acids is 1.